The molecule has 7 heteroatoms. The number of rotatable bonds is 8. The molecule has 0 fully saturated rings. The number of ether oxygens (including phenoxy) is 1. The molecular formula is C21H24N4O2S. The average Bonchev–Trinajstić information content (AvgIpc) is 3.12. The number of anilines is 1. The van der Waals surface area contributed by atoms with Crippen LogP contribution in [0.3, 0.4) is 0 Å². The quantitative estimate of drug-likeness (QED) is 0.555. The second kappa shape index (κ2) is 9.41. The van der Waals surface area contributed by atoms with Crippen molar-refractivity contribution in [2.24, 2.45) is 0 Å². The summed E-state index contributed by atoms with van der Waals surface area (Å²) in [6.07, 6.45) is 1.00. The molecule has 1 aromatic heterocycles. The highest BCUT2D eigenvalue weighted by Crippen LogP contribution is 2.17. The van der Waals surface area contributed by atoms with Gasteiger partial charge in [-0.1, -0.05) is 36.9 Å². The number of nitrogens with zero attached hydrogens (tertiary/aromatic N) is 2. The Morgan fingerprint density at radius 1 is 1.14 bits per heavy atom. The summed E-state index contributed by atoms with van der Waals surface area (Å²) in [5.74, 6) is 1.56. The van der Waals surface area contributed by atoms with Crippen LogP contribution < -0.4 is 10.1 Å². The third-order valence-electron chi connectivity index (χ3n) is 4.06. The minimum absolute atomic E-state index is 0.0892. The minimum Gasteiger partial charge on any atom is -0.486 e. The molecule has 0 spiro atoms. The molecule has 0 aliphatic heterocycles. The summed E-state index contributed by atoms with van der Waals surface area (Å²) in [6.45, 7) is 6.43. The number of benzene rings is 2. The zero-order valence-electron chi connectivity index (χ0n) is 16.3. The van der Waals surface area contributed by atoms with Crippen LogP contribution in [0.2, 0.25) is 0 Å². The summed E-state index contributed by atoms with van der Waals surface area (Å²) in [7, 11) is 0. The molecule has 0 aliphatic carbocycles. The predicted molar refractivity (Wildman–Crippen MR) is 112 cm³/mol. The van der Waals surface area contributed by atoms with Crippen LogP contribution in [0, 0.1) is 13.8 Å². The number of amides is 1. The van der Waals surface area contributed by atoms with Crippen LogP contribution in [0.1, 0.15) is 29.4 Å². The van der Waals surface area contributed by atoms with Crippen LogP contribution in [-0.4, -0.2) is 26.8 Å². The lowest BCUT2D eigenvalue weighted by Gasteiger charge is -2.06. The number of aromatic amines is 1. The highest BCUT2D eigenvalue weighted by Gasteiger charge is 2.09. The number of carbonyl (C=O) groups excluding carboxylic acids is 1. The van der Waals surface area contributed by atoms with Crippen LogP contribution in [0.5, 0.6) is 5.75 Å². The van der Waals surface area contributed by atoms with Gasteiger partial charge in [0, 0.05) is 5.69 Å². The molecule has 3 rings (SSSR count). The van der Waals surface area contributed by atoms with Crippen molar-refractivity contribution < 1.29 is 9.53 Å². The van der Waals surface area contributed by atoms with Gasteiger partial charge >= 0.3 is 0 Å². The summed E-state index contributed by atoms with van der Waals surface area (Å²) in [4.78, 5) is 16.5. The average molecular weight is 397 g/mol. The monoisotopic (exact) mass is 396 g/mol. The van der Waals surface area contributed by atoms with Crippen molar-refractivity contribution in [1.29, 1.82) is 0 Å². The Morgan fingerprint density at radius 3 is 2.54 bits per heavy atom. The molecule has 0 unspecified atom stereocenters. The standard InChI is InChI=1S/C21H24N4O2S/c1-4-16-5-7-18(8-6-16)27-12-19-23-21(25-24-19)28-13-20(26)22-17-10-14(2)9-15(3)11-17/h5-11H,4,12-13H2,1-3H3,(H,22,26)(H,23,24,25). The smallest absolute Gasteiger partial charge is 0.234 e. The fraction of sp³-hybridized carbons (Fsp3) is 0.286. The highest BCUT2D eigenvalue weighted by atomic mass is 32.2. The molecule has 6 nitrogen and oxygen atoms in total. The van der Waals surface area contributed by atoms with Crippen molar-refractivity contribution in [2.45, 2.75) is 39.0 Å². The molecule has 0 atom stereocenters. The zero-order chi connectivity index (χ0) is 19.9. The maximum absolute atomic E-state index is 12.2. The number of aromatic nitrogens is 3. The third kappa shape index (κ3) is 5.85. The molecule has 3 aromatic rings. The first-order chi connectivity index (χ1) is 13.5. The van der Waals surface area contributed by atoms with Crippen molar-refractivity contribution in [3.63, 3.8) is 0 Å². The number of carbonyl (C=O) groups is 1. The SMILES string of the molecule is CCc1ccc(OCc2nc(SCC(=O)Nc3cc(C)cc(C)c3)n[nH]2)cc1. The van der Waals surface area contributed by atoms with E-state index >= 15 is 0 Å². The normalized spacial score (nSPS) is 10.7. The van der Waals surface area contributed by atoms with Crippen molar-refractivity contribution in [3.8, 4) is 5.75 Å². The van der Waals surface area contributed by atoms with E-state index in [2.05, 4.69) is 33.5 Å². The van der Waals surface area contributed by atoms with Gasteiger partial charge in [-0.25, -0.2) is 4.98 Å². The van der Waals surface area contributed by atoms with Gasteiger partial charge in [0.05, 0.1) is 5.75 Å². The summed E-state index contributed by atoms with van der Waals surface area (Å²) >= 11 is 1.28. The van der Waals surface area contributed by atoms with Crippen molar-refractivity contribution in [3.05, 3.63) is 65.0 Å². The van der Waals surface area contributed by atoms with Crippen LogP contribution >= 0.6 is 11.8 Å². The number of nitrogens with one attached hydrogen (secondary N) is 2. The highest BCUT2D eigenvalue weighted by molar-refractivity contribution is 7.99. The molecule has 0 radical (unpaired) electrons. The largest absolute Gasteiger partial charge is 0.486 e. The van der Waals surface area contributed by atoms with E-state index in [-0.39, 0.29) is 11.7 Å². The van der Waals surface area contributed by atoms with Gasteiger partial charge in [0.1, 0.15) is 12.4 Å². The Labute approximate surface area is 169 Å². The molecule has 2 N–H and O–H groups in total. The number of hydrogen-bond donors (Lipinski definition) is 2. The Kier molecular flexibility index (Phi) is 6.71. The predicted octanol–water partition coefficient (Wildman–Crippen LogP) is 4.29. The molecule has 0 aliphatic rings. The lowest BCUT2D eigenvalue weighted by molar-refractivity contribution is -0.113. The molecule has 0 saturated heterocycles. The van der Waals surface area contributed by atoms with Crippen molar-refractivity contribution in [1.82, 2.24) is 15.2 Å². The fourth-order valence-electron chi connectivity index (χ4n) is 2.75. The van der Waals surface area contributed by atoms with E-state index in [1.165, 1.54) is 17.3 Å². The number of H-pyrrole nitrogens is 1. The van der Waals surface area contributed by atoms with Crippen LogP contribution in [0.15, 0.2) is 47.6 Å². The van der Waals surface area contributed by atoms with Gasteiger partial charge in [0.15, 0.2) is 5.82 Å². The lowest BCUT2D eigenvalue weighted by Crippen LogP contribution is -2.14. The van der Waals surface area contributed by atoms with E-state index in [0.717, 1.165) is 29.0 Å². The molecule has 146 valence electrons. The van der Waals surface area contributed by atoms with Gasteiger partial charge in [-0.3, -0.25) is 9.89 Å². The fourth-order valence-corrected chi connectivity index (χ4v) is 3.37. The first-order valence-electron chi connectivity index (χ1n) is 9.16. The third-order valence-corrected chi connectivity index (χ3v) is 4.90. The van der Waals surface area contributed by atoms with E-state index < -0.39 is 0 Å². The Bertz CT molecular complexity index is 918. The zero-order valence-corrected chi connectivity index (χ0v) is 17.1. The van der Waals surface area contributed by atoms with Gasteiger partial charge in [-0.05, 0) is 61.2 Å². The molecular weight excluding hydrogens is 372 g/mol. The molecule has 1 heterocycles. The van der Waals surface area contributed by atoms with Crippen LogP contribution in [0.4, 0.5) is 5.69 Å². The van der Waals surface area contributed by atoms with Gasteiger partial charge < -0.3 is 10.1 Å². The first-order valence-corrected chi connectivity index (χ1v) is 10.1. The van der Waals surface area contributed by atoms with Crippen LogP contribution in [-0.2, 0) is 17.8 Å². The van der Waals surface area contributed by atoms with E-state index in [4.69, 9.17) is 4.74 Å². The second-order valence-corrected chi connectivity index (χ2v) is 7.51. The summed E-state index contributed by atoms with van der Waals surface area (Å²) in [6, 6.07) is 14.0. The van der Waals surface area contributed by atoms with Crippen molar-refractivity contribution >= 4 is 23.4 Å². The van der Waals surface area contributed by atoms with Crippen LogP contribution in [0.25, 0.3) is 0 Å². The minimum atomic E-state index is -0.0892. The maximum atomic E-state index is 12.2. The maximum Gasteiger partial charge on any atom is 0.234 e. The number of hydrogen-bond acceptors (Lipinski definition) is 5. The molecule has 1 amide bonds. The van der Waals surface area contributed by atoms with E-state index in [1.54, 1.807) is 0 Å². The van der Waals surface area contributed by atoms with E-state index in [0.29, 0.717) is 17.6 Å². The summed E-state index contributed by atoms with van der Waals surface area (Å²) < 4.78 is 5.71. The number of aryl methyl sites for hydroxylation is 3. The Hall–Kier alpha value is -2.80. The van der Waals surface area contributed by atoms with E-state index in [1.807, 2.05) is 50.2 Å². The Morgan fingerprint density at radius 2 is 1.86 bits per heavy atom. The van der Waals surface area contributed by atoms with Crippen molar-refractivity contribution in [2.75, 3.05) is 11.1 Å². The van der Waals surface area contributed by atoms with Gasteiger partial charge in [-0.15, -0.1) is 5.10 Å². The number of thioether (sulfide) groups is 1. The Balaban J connectivity index is 1.46. The summed E-state index contributed by atoms with van der Waals surface area (Å²) in [5.41, 5.74) is 4.31. The van der Waals surface area contributed by atoms with E-state index in [9.17, 15) is 4.79 Å². The van der Waals surface area contributed by atoms with Gasteiger partial charge in [0.25, 0.3) is 0 Å². The van der Waals surface area contributed by atoms with Gasteiger partial charge in [-0.2, -0.15) is 0 Å². The van der Waals surface area contributed by atoms with Gasteiger partial charge in [0.2, 0.25) is 11.1 Å². The molecule has 28 heavy (non-hydrogen) atoms. The summed E-state index contributed by atoms with van der Waals surface area (Å²) in [5, 5.41) is 10.4. The topological polar surface area (TPSA) is 79.9 Å². The molecule has 2 aromatic carbocycles. The first kappa shape index (κ1) is 19.9. The molecule has 0 bridgehead atoms. The lowest BCUT2D eigenvalue weighted by atomic mass is 10.1. The molecule has 0 saturated carbocycles. The second-order valence-electron chi connectivity index (χ2n) is 6.56.